The Balaban J connectivity index is 1.90. The highest BCUT2D eigenvalue weighted by atomic mass is 127. The summed E-state index contributed by atoms with van der Waals surface area (Å²) in [6.07, 6.45) is 0. The number of hydrogen-bond donors (Lipinski definition) is 2. The van der Waals surface area contributed by atoms with Gasteiger partial charge >= 0.3 is 0 Å². The van der Waals surface area contributed by atoms with E-state index in [1.165, 1.54) is 3.57 Å². The lowest BCUT2D eigenvalue weighted by Crippen LogP contribution is -2.15. The highest BCUT2D eigenvalue weighted by Crippen LogP contribution is 2.38. The minimum absolute atomic E-state index is 0.566. The normalized spacial score (nSPS) is 13.1. The van der Waals surface area contributed by atoms with Crippen molar-refractivity contribution >= 4 is 39.7 Å². The zero-order valence-corrected chi connectivity index (χ0v) is 12.3. The van der Waals surface area contributed by atoms with Gasteiger partial charge in [-0.05, 0) is 46.9 Å². The molecule has 4 nitrogen and oxygen atoms in total. The van der Waals surface area contributed by atoms with Gasteiger partial charge in [0.2, 0.25) is 0 Å². The number of fused-ring (bicyclic) bond motifs is 1. The fraction of sp³-hybridized carbons (Fsp3) is 0.143. The Bertz CT molecular complexity index is 599. The molecule has 0 atom stereocenters. The number of anilines is 3. The summed E-state index contributed by atoms with van der Waals surface area (Å²) in [6, 6.07) is 11.8. The van der Waals surface area contributed by atoms with Crippen LogP contribution in [0.25, 0.3) is 0 Å². The van der Waals surface area contributed by atoms with Crippen molar-refractivity contribution in [3.8, 4) is 11.5 Å². The SMILES string of the molecule is Nc1cc2c(cc1Nc1ccc(I)cc1)OCCO2. The van der Waals surface area contributed by atoms with E-state index in [1.807, 2.05) is 30.3 Å². The molecule has 0 fully saturated rings. The molecule has 5 heteroatoms. The number of rotatable bonds is 2. The smallest absolute Gasteiger partial charge is 0.163 e. The van der Waals surface area contributed by atoms with E-state index in [9.17, 15) is 0 Å². The summed E-state index contributed by atoms with van der Waals surface area (Å²) in [5.74, 6) is 1.44. The summed E-state index contributed by atoms with van der Waals surface area (Å²) in [6.45, 7) is 1.14. The Morgan fingerprint density at radius 3 is 2.32 bits per heavy atom. The van der Waals surface area contributed by atoms with Crippen LogP contribution in [0.4, 0.5) is 17.1 Å². The molecule has 0 aliphatic carbocycles. The molecule has 2 aromatic carbocycles. The van der Waals surface area contributed by atoms with E-state index in [0.717, 1.165) is 17.1 Å². The van der Waals surface area contributed by atoms with E-state index in [4.69, 9.17) is 15.2 Å². The Morgan fingerprint density at radius 1 is 1.00 bits per heavy atom. The second-order valence-electron chi connectivity index (χ2n) is 4.22. The maximum Gasteiger partial charge on any atom is 0.163 e. The predicted molar refractivity (Wildman–Crippen MR) is 84.3 cm³/mol. The molecule has 0 saturated carbocycles. The van der Waals surface area contributed by atoms with Crippen LogP contribution in [-0.4, -0.2) is 13.2 Å². The van der Waals surface area contributed by atoms with Gasteiger partial charge in [0.1, 0.15) is 13.2 Å². The highest BCUT2D eigenvalue weighted by molar-refractivity contribution is 14.1. The molecule has 0 spiro atoms. The van der Waals surface area contributed by atoms with Crippen molar-refractivity contribution in [2.24, 2.45) is 0 Å². The van der Waals surface area contributed by atoms with E-state index in [2.05, 4.69) is 27.9 Å². The highest BCUT2D eigenvalue weighted by Gasteiger charge is 2.14. The van der Waals surface area contributed by atoms with Crippen molar-refractivity contribution in [3.63, 3.8) is 0 Å². The molecule has 2 aromatic rings. The summed E-state index contributed by atoms with van der Waals surface area (Å²) < 4.78 is 12.2. The zero-order valence-electron chi connectivity index (χ0n) is 10.2. The summed E-state index contributed by atoms with van der Waals surface area (Å²) in [7, 11) is 0. The first-order valence-corrected chi connectivity index (χ1v) is 7.02. The van der Waals surface area contributed by atoms with Gasteiger partial charge in [-0.25, -0.2) is 0 Å². The van der Waals surface area contributed by atoms with E-state index in [1.54, 1.807) is 6.07 Å². The predicted octanol–water partition coefficient (Wildman–Crippen LogP) is 3.39. The molecule has 0 unspecified atom stereocenters. The van der Waals surface area contributed by atoms with Gasteiger partial charge in [0, 0.05) is 21.4 Å². The third-order valence-corrected chi connectivity index (χ3v) is 3.56. The maximum atomic E-state index is 6.02. The Hall–Kier alpha value is -1.63. The van der Waals surface area contributed by atoms with Crippen LogP contribution in [-0.2, 0) is 0 Å². The lowest BCUT2D eigenvalue weighted by Gasteiger charge is -2.20. The van der Waals surface area contributed by atoms with Gasteiger partial charge in [-0.2, -0.15) is 0 Å². The second-order valence-corrected chi connectivity index (χ2v) is 5.46. The monoisotopic (exact) mass is 368 g/mol. The van der Waals surface area contributed by atoms with Crippen LogP contribution >= 0.6 is 22.6 Å². The van der Waals surface area contributed by atoms with Crippen molar-refractivity contribution in [1.82, 2.24) is 0 Å². The molecule has 1 heterocycles. The van der Waals surface area contributed by atoms with E-state index in [0.29, 0.717) is 24.7 Å². The number of ether oxygens (including phenoxy) is 2. The third-order valence-electron chi connectivity index (χ3n) is 2.84. The van der Waals surface area contributed by atoms with Crippen LogP contribution in [0, 0.1) is 3.57 Å². The molecule has 0 radical (unpaired) electrons. The summed E-state index contributed by atoms with van der Waals surface area (Å²) in [5.41, 5.74) is 8.48. The molecule has 3 rings (SSSR count). The molecular formula is C14H13IN2O2. The molecule has 0 bridgehead atoms. The molecule has 0 saturated heterocycles. The van der Waals surface area contributed by atoms with Gasteiger partial charge < -0.3 is 20.5 Å². The summed E-state index contributed by atoms with van der Waals surface area (Å²) >= 11 is 2.27. The fourth-order valence-corrected chi connectivity index (χ4v) is 2.26. The summed E-state index contributed by atoms with van der Waals surface area (Å²) in [4.78, 5) is 0. The van der Waals surface area contributed by atoms with Gasteiger partial charge in [0.15, 0.2) is 11.5 Å². The maximum absolute atomic E-state index is 6.02. The zero-order chi connectivity index (χ0) is 13.2. The molecule has 1 aliphatic heterocycles. The molecule has 3 N–H and O–H groups in total. The Morgan fingerprint density at radius 2 is 1.63 bits per heavy atom. The fourth-order valence-electron chi connectivity index (χ4n) is 1.90. The summed E-state index contributed by atoms with van der Waals surface area (Å²) in [5, 5.41) is 3.29. The molecule has 0 aromatic heterocycles. The molecular weight excluding hydrogens is 355 g/mol. The number of halogens is 1. The topological polar surface area (TPSA) is 56.5 Å². The lowest BCUT2D eigenvalue weighted by atomic mass is 10.2. The van der Waals surface area contributed by atoms with E-state index < -0.39 is 0 Å². The first kappa shape index (κ1) is 12.4. The first-order chi connectivity index (χ1) is 9.22. The van der Waals surface area contributed by atoms with Crippen molar-refractivity contribution in [2.75, 3.05) is 24.3 Å². The van der Waals surface area contributed by atoms with Crippen molar-refractivity contribution in [3.05, 3.63) is 40.0 Å². The van der Waals surface area contributed by atoms with E-state index in [-0.39, 0.29) is 0 Å². The van der Waals surface area contributed by atoms with Gasteiger partial charge in [-0.1, -0.05) is 0 Å². The minimum atomic E-state index is 0.566. The van der Waals surface area contributed by atoms with Crippen LogP contribution in [0.5, 0.6) is 11.5 Å². The Kier molecular flexibility index (Phi) is 3.37. The van der Waals surface area contributed by atoms with Crippen LogP contribution < -0.4 is 20.5 Å². The largest absolute Gasteiger partial charge is 0.486 e. The second kappa shape index (κ2) is 5.16. The van der Waals surface area contributed by atoms with Crippen molar-refractivity contribution < 1.29 is 9.47 Å². The standard InChI is InChI=1S/C14H13IN2O2/c15-9-1-3-10(4-2-9)17-12-8-14-13(7-11(12)16)18-5-6-19-14/h1-4,7-8,17H,5-6,16H2. The van der Waals surface area contributed by atoms with Crippen molar-refractivity contribution in [1.29, 1.82) is 0 Å². The van der Waals surface area contributed by atoms with Crippen molar-refractivity contribution in [2.45, 2.75) is 0 Å². The number of nitrogen functional groups attached to an aromatic ring is 1. The van der Waals surface area contributed by atoms with Gasteiger partial charge in [-0.15, -0.1) is 0 Å². The van der Waals surface area contributed by atoms with Gasteiger partial charge in [-0.3, -0.25) is 0 Å². The van der Waals surface area contributed by atoms with E-state index >= 15 is 0 Å². The number of nitrogens with one attached hydrogen (secondary N) is 1. The number of nitrogens with two attached hydrogens (primary N) is 1. The number of hydrogen-bond acceptors (Lipinski definition) is 4. The molecule has 98 valence electrons. The quantitative estimate of drug-likeness (QED) is 0.630. The van der Waals surface area contributed by atoms with Gasteiger partial charge in [0.05, 0.1) is 11.4 Å². The minimum Gasteiger partial charge on any atom is -0.486 e. The molecule has 0 amide bonds. The van der Waals surface area contributed by atoms with Crippen LogP contribution in [0.1, 0.15) is 0 Å². The third kappa shape index (κ3) is 2.70. The lowest BCUT2D eigenvalue weighted by molar-refractivity contribution is 0.172. The van der Waals surface area contributed by atoms with Crippen LogP contribution in [0.3, 0.4) is 0 Å². The molecule has 1 aliphatic rings. The van der Waals surface area contributed by atoms with Crippen LogP contribution in [0.2, 0.25) is 0 Å². The average molecular weight is 368 g/mol. The average Bonchev–Trinajstić information content (AvgIpc) is 2.42. The van der Waals surface area contributed by atoms with Crippen LogP contribution in [0.15, 0.2) is 36.4 Å². The van der Waals surface area contributed by atoms with Gasteiger partial charge in [0.25, 0.3) is 0 Å². The number of benzene rings is 2. The molecule has 19 heavy (non-hydrogen) atoms. The Labute approximate surface area is 125 Å². The first-order valence-electron chi connectivity index (χ1n) is 5.94.